The molecule has 2 fully saturated rings. The van der Waals surface area contributed by atoms with E-state index in [0.29, 0.717) is 36.2 Å². The third-order valence-corrected chi connectivity index (χ3v) is 6.03. The number of hydrogen-bond acceptors (Lipinski definition) is 3. The van der Waals surface area contributed by atoms with Crippen molar-refractivity contribution < 1.29 is 9.13 Å². The molecule has 1 spiro atoms. The standard InChI is InChI=1S/C21H33FN4O/c1-5-27-19-12-18(21(19)9-6-10-21)25-20(23-2)24-13-15-7-8-17(22)16(11-15)14-26(3)4/h7-8,11,18-19H,5-6,9-10,12-14H2,1-4H3,(H2,23,24,25). The maximum Gasteiger partial charge on any atom is 0.191 e. The number of nitrogens with zero attached hydrogens (tertiary/aromatic N) is 2. The van der Waals surface area contributed by atoms with E-state index in [0.717, 1.165) is 24.6 Å². The lowest BCUT2D eigenvalue weighted by Crippen LogP contribution is -2.68. The van der Waals surface area contributed by atoms with Crippen molar-refractivity contribution in [2.45, 2.75) is 57.8 Å². The fourth-order valence-electron chi connectivity index (χ4n) is 4.39. The summed E-state index contributed by atoms with van der Waals surface area (Å²) in [4.78, 5) is 6.35. The first-order chi connectivity index (χ1) is 13.0. The van der Waals surface area contributed by atoms with Gasteiger partial charge < -0.3 is 20.3 Å². The van der Waals surface area contributed by atoms with Gasteiger partial charge in [0.25, 0.3) is 0 Å². The monoisotopic (exact) mass is 376 g/mol. The van der Waals surface area contributed by atoms with E-state index in [1.807, 2.05) is 31.1 Å². The molecular weight excluding hydrogens is 343 g/mol. The Morgan fingerprint density at radius 3 is 2.74 bits per heavy atom. The Bertz CT molecular complexity index is 672. The quantitative estimate of drug-likeness (QED) is 0.568. The van der Waals surface area contributed by atoms with E-state index in [9.17, 15) is 4.39 Å². The molecule has 0 aliphatic heterocycles. The molecule has 2 aliphatic rings. The predicted octanol–water partition coefficient (Wildman–Crippen LogP) is 2.90. The highest BCUT2D eigenvalue weighted by atomic mass is 19.1. The molecule has 2 saturated carbocycles. The number of hydrogen-bond donors (Lipinski definition) is 2. The third kappa shape index (κ3) is 4.27. The number of nitrogens with one attached hydrogen (secondary N) is 2. The molecule has 6 heteroatoms. The average molecular weight is 377 g/mol. The zero-order valence-corrected chi connectivity index (χ0v) is 17.0. The lowest BCUT2D eigenvalue weighted by Gasteiger charge is -2.61. The predicted molar refractivity (Wildman–Crippen MR) is 107 cm³/mol. The minimum atomic E-state index is -0.154. The second kappa shape index (κ2) is 8.57. The summed E-state index contributed by atoms with van der Waals surface area (Å²) in [7, 11) is 5.69. The van der Waals surface area contributed by atoms with Gasteiger partial charge in [-0.3, -0.25) is 4.99 Å². The first kappa shape index (κ1) is 20.1. The molecule has 2 atom stereocenters. The molecule has 2 aliphatic carbocycles. The van der Waals surface area contributed by atoms with E-state index in [1.165, 1.54) is 19.3 Å². The maximum absolute atomic E-state index is 14.0. The molecular formula is C21H33FN4O. The molecule has 1 aromatic carbocycles. The van der Waals surface area contributed by atoms with Gasteiger partial charge >= 0.3 is 0 Å². The lowest BCUT2D eigenvalue weighted by molar-refractivity contribution is -0.168. The Balaban J connectivity index is 1.56. The molecule has 0 saturated heterocycles. The normalized spacial score (nSPS) is 23.9. The van der Waals surface area contributed by atoms with Gasteiger partial charge in [0.05, 0.1) is 6.10 Å². The molecule has 2 N–H and O–H groups in total. The second-order valence-electron chi connectivity index (χ2n) is 8.05. The van der Waals surface area contributed by atoms with Crippen LogP contribution in [0.4, 0.5) is 4.39 Å². The van der Waals surface area contributed by atoms with Gasteiger partial charge in [0.1, 0.15) is 5.82 Å². The van der Waals surface area contributed by atoms with Crippen molar-refractivity contribution in [3.05, 3.63) is 35.1 Å². The Morgan fingerprint density at radius 2 is 2.15 bits per heavy atom. The van der Waals surface area contributed by atoms with Crippen molar-refractivity contribution in [1.29, 1.82) is 0 Å². The molecule has 3 rings (SSSR count). The van der Waals surface area contributed by atoms with Gasteiger partial charge in [-0.2, -0.15) is 0 Å². The Morgan fingerprint density at radius 1 is 1.37 bits per heavy atom. The van der Waals surface area contributed by atoms with Gasteiger partial charge in [0.2, 0.25) is 0 Å². The maximum atomic E-state index is 14.0. The van der Waals surface area contributed by atoms with Crippen LogP contribution in [0.5, 0.6) is 0 Å². The topological polar surface area (TPSA) is 48.9 Å². The molecule has 0 heterocycles. The van der Waals surface area contributed by atoms with Gasteiger partial charge in [-0.25, -0.2) is 4.39 Å². The van der Waals surface area contributed by atoms with Crippen LogP contribution in [0.1, 0.15) is 43.7 Å². The molecule has 0 bridgehead atoms. The van der Waals surface area contributed by atoms with Crippen molar-refractivity contribution in [2.24, 2.45) is 10.4 Å². The van der Waals surface area contributed by atoms with E-state index in [4.69, 9.17) is 4.74 Å². The van der Waals surface area contributed by atoms with Crippen molar-refractivity contribution in [2.75, 3.05) is 27.7 Å². The SMILES string of the molecule is CCOC1CC(NC(=NC)NCc2ccc(F)c(CN(C)C)c2)C12CCC2. The van der Waals surface area contributed by atoms with Gasteiger partial charge in [0.15, 0.2) is 5.96 Å². The summed E-state index contributed by atoms with van der Waals surface area (Å²) < 4.78 is 19.9. The zero-order chi connectivity index (χ0) is 19.4. The van der Waals surface area contributed by atoms with Gasteiger partial charge in [-0.05, 0) is 58.0 Å². The smallest absolute Gasteiger partial charge is 0.191 e. The van der Waals surface area contributed by atoms with Crippen LogP contribution in [-0.2, 0) is 17.8 Å². The number of halogens is 1. The number of guanidine groups is 1. The van der Waals surface area contributed by atoms with Crippen molar-refractivity contribution >= 4 is 5.96 Å². The summed E-state index contributed by atoms with van der Waals surface area (Å²) >= 11 is 0. The van der Waals surface area contributed by atoms with Crippen molar-refractivity contribution in [1.82, 2.24) is 15.5 Å². The molecule has 0 aromatic heterocycles. The van der Waals surface area contributed by atoms with Crippen LogP contribution in [0.15, 0.2) is 23.2 Å². The minimum absolute atomic E-state index is 0.154. The largest absolute Gasteiger partial charge is 0.378 e. The highest BCUT2D eigenvalue weighted by Crippen LogP contribution is 2.57. The van der Waals surface area contributed by atoms with Crippen LogP contribution < -0.4 is 10.6 Å². The third-order valence-electron chi connectivity index (χ3n) is 6.03. The number of ether oxygens (including phenoxy) is 1. The van der Waals surface area contributed by atoms with Crippen molar-refractivity contribution in [3.63, 3.8) is 0 Å². The summed E-state index contributed by atoms with van der Waals surface area (Å²) in [6.07, 6.45) is 5.18. The van der Waals surface area contributed by atoms with E-state index >= 15 is 0 Å². The van der Waals surface area contributed by atoms with Crippen LogP contribution in [0.3, 0.4) is 0 Å². The summed E-state index contributed by atoms with van der Waals surface area (Å²) in [5.74, 6) is 0.651. The van der Waals surface area contributed by atoms with Crippen LogP contribution in [0.25, 0.3) is 0 Å². The second-order valence-corrected chi connectivity index (χ2v) is 8.05. The van der Waals surface area contributed by atoms with Gasteiger partial charge in [0, 0.05) is 43.8 Å². The molecule has 1 aromatic rings. The number of aliphatic imine (C=N–C) groups is 1. The summed E-state index contributed by atoms with van der Waals surface area (Å²) in [6.45, 7) is 4.07. The lowest BCUT2D eigenvalue weighted by atomic mass is 9.51. The van der Waals surface area contributed by atoms with Crippen molar-refractivity contribution in [3.8, 4) is 0 Å². The van der Waals surface area contributed by atoms with Gasteiger partial charge in [-0.1, -0.05) is 12.5 Å². The van der Waals surface area contributed by atoms with Gasteiger partial charge in [-0.15, -0.1) is 0 Å². The Hall–Kier alpha value is -1.66. The Labute approximate surface area is 162 Å². The fraction of sp³-hybridized carbons (Fsp3) is 0.667. The molecule has 0 radical (unpaired) electrons. The molecule has 5 nitrogen and oxygen atoms in total. The summed E-state index contributed by atoms with van der Waals surface area (Å²) in [6, 6.07) is 5.73. The summed E-state index contributed by atoms with van der Waals surface area (Å²) in [5, 5.41) is 6.97. The molecule has 2 unspecified atom stereocenters. The van der Waals surface area contributed by atoms with E-state index in [1.54, 1.807) is 13.1 Å². The average Bonchev–Trinajstić information content (AvgIpc) is 2.57. The zero-order valence-electron chi connectivity index (χ0n) is 17.0. The highest BCUT2D eigenvalue weighted by molar-refractivity contribution is 5.80. The Kier molecular flexibility index (Phi) is 6.37. The van der Waals surface area contributed by atoms with E-state index < -0.39 is 0 Å². The number of benzene rings is 1. The van der Waals surface area contributed by atoms with E-state index in [-0.39, 0.29) is 5.82 Å². The minimum Gasteiger partial charge on any atom is -0.378 e. The summed E-state index contributed by atoms with van der Waals surface area (Å²) in [5.41, 5.74) is 2.06. The van der Waals surface area contributed by atoms with Crippen LogP contribution in [-0.4, -0.2) is 50.8 Å². The van der Waals surface area contributed by atoms with Crippen LogP contribution in [0.2, 0.25) is 0 Å². The van der Waals surface area contributed by atoms with E-state index in [2.05, 4.69) is 22.5 Å². The molecule has 27 heavy (non-hydrogen) atoms. The first-order valence-corrected chi connectivity index (χ1v) is 9.99. The number of rotatable bonds is 7. The molecule has 150 valence electrons. The van der Waals surface area contributed by atoms with Crippen LogP contribution in [0, 0.1) is 11.2 Å². The first-order valence-electron chi connectivity index (χ1n) is 9.99. The molecule has 0 amide bonds. The van der Waals surface area contributed by atoms with Crippen LogP contribution >= 0.6 is 0 Å². The highest BCUT2D eigenvalue weighted by Gasteiger charge is 2.59. The fourth-order valence-corrected chi connectivity index (χ4v) is 4.39.